The zero-order valence-electron chi connectivity index (χ0n) is 19.0. The minimum Gasteiger partial charge on any atom is -0.341 e. The number of carbonyl (C=O) groups is 2. The fourth-order valence-corrected chi connectivity index (χ4v) is 5.08. The number of carbonyl (C=O) groups excluding carboxylic acids is 2. The Bertz CT molecular complexity index is 1140. The Balaban J connectivity index is 1.21. The molecule has 172 valence electrons. The number of nitrogens with zero attached hydrogens (tertiary/aromatic N) is 5. The molecule has 2 aromatic heterocycles. The van der Waals surface area contributed by atoms with Gasteiger partial charge in [-0.2, -0.15) is 5.10 Å². The molecule has 8 nitrogen and oxygen atoms in total. The summed E-state index contributed by atoms with van der Waals surface area (Å²) >= 11 is 0. The van der Waals surface area contributed by atoms with E-state index in [1.807, 2.05) is 33.6 Å². The number of H-pyrrole nitrogens is 1. The summed E-state index contributed by atoms with van der Waals surface area (Å²) in [4.78, 5) is 34.3. The van der Waals surface area contributed by atoms with E-state index in [0.717, 1.165) is 43.7 Å². The highest BCUT2D eigenvalue weighted by Crippen LogP contribution is 2.30. The van der Waals surface area contributed by atoms with E-state index in [1.54, 1.807) is 12.4 Å². The van der Waals surface area contributed by atoms with Crippen molar-refractivity contribution >= 4 is 11.8 Å². The third kappa shape index (κ3) is 4.29. The van der Waals surface area contributed by atoms with Crippen molar-refractivity contribution in [2.75, 3.05) is 19.6 Å². The topological polar surface area (TPSA) is 87.1 Å². The Kier molecular flexibility index (Phi) is 5.98. The number of benzene rings is 1. The van der Waals surface area contributed by atoms with Crippen LogP contribution < -0.4 is 0 Å². The Hall–Kier alpha value is -3.42. The van der Waals surface area contributed by atoms with Gasteiger partial charge in [-0.15, -0.1) is 0 Å². The summed E-state index contributed by atoms with van der Waals surface area (Å²) in [6, 6.07) is 8.33. The molecule has 8 heteroatoms. The van der Waals surface area contributed by atoms with E-state index in [-0.39, 0.29) is 17.7 Å². The fourth-order valence-electron chi connectivity index (χ4n) is 5.08. The van der Waals surface area contributed by atoms with Gasteiger partial charge < -0.3 is 14.4 Å². The summed E-state index contributed by atoms with van der Waals surface area (Å²) in [6.45, 7) is 5.10. The highest BCUT2D eigenvalue weighted by Gasteiger charge is 2.30. The van der Waals surface area contributed by atoms with E-state index in [4.69, 9.17) is 0 Å². The van der Waals surface area contributed by atoms with Crippen molar-refractivity contribution in [3.63, 3.8) is 0 Å². The van der Waals surface area contributed by atoms with Crippen molar-refractivity contribution < 1.29 is 9.59 Å². The van der Waals surface area contributed by atoms with Crippen LogP contribution in [0.2, 0.25) is 0 Å². The second kappa shape index (κ2) is 9.21. The number of amides is 2. The molecule has 3 aromatic rings. The van der Waals surface area contributed by atoms with E-state index in [9.17, 15) is 9.59 Å². The molecule has 1 fully saturated rings. The standard InChI is InChI=1S/C25H30N6O2/c1-2-22-26-10-14-30(22)17-23(32)29-11-8-19(9-12-29)24-21(15-27-28-24)25(33)31-13-7-18-5-3-4-6-20(18)16-31/h3-6,10,14-15,19H,2,7-9,11-13,16-17H2,1H3,(H,27,28). The summed E-state index contributed by atoms with van der Waals surface area (Å²) < 4.78 is 1.93. The molecule has 0 aliphatic carbocycles. The summed E-state index contributed by atoms with van der Waals surface area (Å²) in [5.41, 5.74) is 4.13. The van der Waals surface area contributed by atoms with Crippen LogP contribution in [0.4, 0.5) is 0 Å². The second-order valence-electron chi connectivity index (χ2n) is 8.92. The van der Waals surface area contributed by atoms with Crippen LogP contribution in [0, 0.1) is 0 Å². The normalized spacial score (nSPS) is 16.6. The van der Waals surface area contributed by atoms with Gasteiger partial charge in [0.15, 0.2) is 0 Å². The second-order valence-corrected chi connectivity index (χ2v) is 8.92. The quantitative estimate of drug-likeness (QED) is 0.653. The number of nitrogens with one attached hydrogen (secondary N) is 1. The van der Waals surface area contributed by atoms with Gasteiger partial charge in [0.2, 0.25) is 5.91 Å². The van der Waals surface area contributed by atoms with E-state index in [1.165, 1.54) is 11.1 Å². The van der Waals surface area contributed by atoms with Gasteiger partial charge in [0.1, 0.15) is 12.4 Å². The molecular formula is C25H30N6O2. The maximum atomic E-state index is 13.3. The molecule has 0 spiro atoms. The third-order valence-corrected chi connectivity index (χ3v) is 7.00. The van der Waals surface area contributed by atoms with Crippen LogP contribution in [-0.4, -0.2) is 61.0 Å². The van der Waals surface area contributed by atoms with Crippen LogP contribution in [0.1, 0.15) is 58.7 Å². The molecular weight excluding hydrogens is 416 g/mol. The lowest BCUT2D eigenvalue weighted by Crippen LogP contribution is -2.40. The molecule has 1 N–H and O–H groups in total. The zero-order chi connectivity index (χ0) is 22.8. The van der Waals surface area contributed by atoms with E-state index in [0.29, 0.717) is 31.7 Å². The summed E-state index contributed by atoms with van der Waals surface area (Å²) in [6.07, 6.45) is 8.61. The summed E-state index contributed by atoms with van der Waals surface area (Å²) in [5, 5.41) is 7.31. The zero-order valence-corrected chi connectivity index (χ0v) is 19.0. The lowest BCUT2D eigenvalue weighted by Gasteiger charge is -2.33. The molecule has 0 unspecified atom stereocenters. The number of piperidine rings is 1. The molecule has 33 heavy (non-hydrogen) atoms. The Morgan fingerprint density at radius 1 is 1.09 bits per heavy atom. The van der Waals surface area contributed by atoms with Crippen LogP contribution in [0.15, 0.2) is 42.9 Å². The summed E-state index contributed by atoms with van der Waals surface area (Å²) in [5.74, 6) is 1.29. The van der Waals surface area contributed by atoms with E-state index in [2.05, 4.69) is 33.4 Å². The molecule has 0 atom stereocenters. The molecule has 1 aromatic carbocycles. The van der Waals surface area contributed by atoms with Crippen molar-refractivity contribution in [1.29, 1.82) is 0 Å². The molecule has 2 amide bonds. The van der Waals surface area contributed by atoms with Crippen LogP contribution in [0.5, 0.6) is 0 Å². The lowest BCUT2D eigenvalue weighted by molar-refractivity contribution is -0.132. The number of rotatable bonds is 5. The average molecular weight is 447 g/mol. The predicted octanol–water partition coefficient (Wildman–Crippen LogP) is 2.77. The van der Waals surface area contributed by atoms with Crippen LogP contribution in [0.25, 0.3) is 0 Å². The first-order valence-electron chi connectivity index (χ1n) is 11.8. The highest BCUT2D eigenvalue weighted by molar-refractivity contribution is 5.95. The van der Waals surface area contributed by atoms with Crippen LogP contribution >= 0.6 is 0 Å². The number of fused-ring (bicyclic) bond motifs is 1. The lowest BCUT2D eigenvalue weighted by atomic mass is 9.90. The van der Waals surface area contributed by atoms with Gasteiger partial charge in [-0.3, -0.25) is 14.7 Å². The molecule has 2 aliphatic heterocycles. The number of likely N-dealkylation sites (tertiary alicyclic amines) is 1. The van der Waals surface area contributed by atoms with Gasteiger partial charge in [-0.1, -0.05) is 31.2 Å². The molecule has 0 radical (unpaired) electrons. The van der Waals surface area contributed by atoms with Gasteiger partial charge in [-0.05, 0) is 30.4 Å². The summed E-state index contributed by atoms with van der Waals surface area (Å²) in [7, 11) is 0. The van der Waals surface area contributed by atoms with Crippen LogP contribution in [-0.2, 0) is 30.7 Å². The molecule has 5 rings (SSSR count). The minimum absolute atomic E-state index is 0.0407. The number of aryl methyl sites for hydroxylation is 1. The van der Waals surface area contributed by atoms with Gasteiger partial charge in [0.25, 0.3) is 5.91 Å². The SMILES string of the molecule is CCc1nccn1CC(=O)N1CCC(c2[nH]ncc2C(=O)N2CCc3ccccc3C2)CC1. The Morgan fingerprint density at radius 3 is 2.67 bits per heavy atom. The number of hydrogen-bond donors (Lipinski definition) is 1. The maximum absolute atomic E-state index is 13.3. The van der Waals surface area contributed by atoms with Crippen LogP contribution in [0.3, 0.4) is 0 Å². The molecule has 1 saturated heterocycles. The first-order valence-corrected chi connectivity index (χ1v) is 11.8. The first-order chi connectivity index (χ1) is 16.1. The smallest absolute Gasteiger partial charge is 0.257 e. The highest BCUT2D eigenvalue weighted by atomic mass is 16.2. The van der Waals surface area contributed by atoms with Crippen molar-refractivity contribution in [2.24, 2.45) is 0 Å². The van der Waals surface area contributed by atoms with E-state index < -0.39 is 0 Å². The van der Waals surface area contributed by atoms with Gasteiger partial charge in [-0.25, -0.2) is 4.98 Å². The third-order valence-electron chi connectivity index (χ3n) is 7.00. The molecule has 2 aliphatic rings. The minimum atomic E-state index is 0.0407. The van der Waals surface area contributed by atoms with Crippen molar-refractivity contribution in [1.82, 2.24) is 29.5 Å². The Labute approximate surface area is 193 Å². The fraction of sp³-hybridized carbons (Fsp3) is 0.440. The number of aromatic nitrogens is 4. The largest absolute Gasteiger partial charge is 0.341 e. The van der Waals surface area contributed by atoms with Crippen molar-refractivity contribution in [3.8, 4) is 0 Å². The number of hydrogen-bond acceptors (Lipinski definition) is 4. The maximum Gasteiger partial charge on any atom is 0.257 e. The van der Waals surface area contributed by atoms with Crippen molar-refractivity contribution in [2.45, 2.75) is 51.6 Å². The van der Waals surface area contributed by atoms with Gasteiger partial charge in [0, 0.05) is 50.9 Å². The predicted molar refractivity (Wildman–Crippen MR) is 124 cm³/mol. The Morgan fingerprint density at radius 2 is 1.88 bits per heavy atom. The van der Waals surface area contributed by atoms with Gasteiger partial charge in [0.05, 0.1) is 17.5 Å². The first kappa shape index (κ1) is 21.4. The monoisotopic (exact) mass is 446 g/mol. The van der Waals surface area contributed by atoms with E-state index >= 15 is 0 Å². The number of imidazole rings is 1. The molecule has 0 saturated carbocycles. The number of aromatic amines is 1. The molecule has 4 heterocycles. The molecule has 0 bridgehead atoms. The van der Waals surface area contributed by atoms with Crippen molar-refractivity contribution in [3.05, 3.63) is 71.1 Å². The average Bonchev–Trinajstić information content (AvgIpc) is 3.53. The van der Waals surface area contributed by atoms with Gasteiger partial charge >= 0.3 is 0 Å².